The average Bonchev–Trinajstić information content (AvgIpc) is 0. The van der Waals surface area contributed by atoms with Crippen molar-refractivity contribution >= 4 is 49.8 Å². The molecule has 0 aliphatic carbocycles. The molecule has 0 amide bonds. The Hall–Kier alpha value is 3.85. The predicted octanol–water partition coefficient (Wildman–Crippen LogP) is -0.769. The van der Waals surface area contributed by atoms with Gasteiger partial charge in [-0.05, 0) is 0 Å². The monoisotopic (exact) mass is 519 g/mol. The topological polar surface area (TPSA) is 0 Å². The van der Waals surface area contributed by atoms with Gasteiger partial charge < -0.3 is 0 Å². The Morgan fingerprint density at radius 2 is 1.00 bits per heavy atom. The standard InChI is InChI=1S/Ag.Cd.Cu.In.Sn. The number of hydrogen-bond acceptors (Lipinski definition) is 0. The van der Waals surface area contributed by atoms with Gasteiger partial charge in [0.1, 0.15) is 0 Å². The average molecular weight is 517 g/mol. The van der Waals surface area contributed by atoms with Crippen LogP contribution in [0, 0.1) is 0 Å². The molecule has 0 rings (SSSR count). The molecule has 0 aliphatic rings. The van der Waals surface area contributed by atoms with E-state index in [1.54, 1.807) is 0 Å². The van der Waals surface area contributed by atoms with Gasteiger partial charge in [-0.2, -0.15) is 0 Å². The van der Waals surface area contributed by atoms with E-state index in [4.69, 9.17) is 0 Å². The molecule has 0 aromatic rings. The summed E-state index contributed by atoms with van der Waals surface area (Å²) in [7, 11) is 0. The van der Waals surface area contributed by atoms with Crippen molar-refractivity contribution in [3.63, 3.8) is 0 Å². The second kappa shape index (κ2) is 24.8. The molecule has 0 unspecified atom stereocenters. The summed E-state index contributed by atoms with van der Waals surface area (Å²) in [6, 6.07) is 0. The minimum Gasteiger partial charge on any atom is 0 e. The van der Waals surface area contributed by atoms with Crippen LogP contribution < -0.4 is 0 Å². The first-order valence-corrected chi connectivity index (χ1v) is 0. The fraction of sp³-hybridized carbons (Fsp3) is 0. The van der Waals surface area contributed by atoms with Crippen molar-refractivity contribution in [2.24, 2.45) is 0 Å². The molecule has 9 radical (unpaired) electrons. The van der Waals surface area contributed by atoms with Crippen LogP contribution in [0.2, 0.25) is 0 Å². The van der Waals surface area contributed by atoms with Crippen LogP contribution in [0.5, 0.6) is 0 Å². The van der Waals surface area contributed by atoms with E-state index in [0.29, 0.717) is 0 Å². The SMILES string of the molecule is [Ag].[Cd].[Cu].[In].[Sn]. The summed E-state index contributed by atoms with van der Waals surface area (Å²) < 4.78 is 0. The Morgan fingerprint density at radius 1 is 1.00 bits per heavy atom. The van der Waals surface area contributed by atoms with Crippen molar-refractivity contribution in [3.8, 4) is 0 Å². The van der Waals surface area contributed by atoms with Crippen LogP contribution in [0.1, 0.15) is 0 Å². The maximum atomic E-state index is 0. The van der Waals surface area contributed by atoms with E-state index in [9.17, 15) is 0 Å². The van der Waals surface area contributed by atoms with Gasteiger partial charge >= 0.3 is 0 Å². The van der Waals surface area contributed by atoms with E-state index in [1.165, 1.54) is 0 Å². The van der Waals surface area contributed by atoms with Crippen molar-refractivity contribution < 1.29 is 66.7 Å². The summed E-state index contributed by atoms with van der Waals surface area (Å²) in [5.41, 5.74) is 0. The van der Waals surface area contributed by atoms with Crippen molar-refractivity contribution in [1.82, 2.24) is 0 Å². The van der Waals surface area contributed by atoms with E-state index in [1.807, 2.05) is 0 Å². The predicted molar refractivity (Wildman–Crippen MR) is 11.5 cm³/mol. The van der Waals surface area contributed by atoms with E-state index in [0.717, 1.165) is 0 Å². The van der Waals surface area contributed by atoms with Gasteiger partial charge in [-0.1, -0.05) is 0 Å². The first-order chi connectivity index (χ1) is 0. The molecule has 0 atom stereocenters. The molecule has 5 heavy (non-hydrogen) atoms. The molecule has 0 aliphatic heterocycles. The molecule has 0 aromatic heterocycles. The van der Waals surface area contributed by atoms with Crippen LogP contribution in [-0.4, -0.2) is 49.8 Å². The van der Waals surface area contributed by atoms with E-state index in [-0.39, 0.29) is 116 Å². The second-order valence-corrected chi connectivity index (χ2v) is 0. The van der Waals surface area contributed by atoms with E-state index < -0.39 is 0 Å². The molecule has 0 heterocycles. The summed E-state index contributed by atoms with van der Waals surface area (Å²) in [5, 5.41) is 0. The fourth-order valence-electron chi connectivity index (χ4n) is 0. The minimum atomic E-state index is 0. The second-order valence-electron chi connectivity index (χ2n) is 0. The maximum absolute atomic E-state index is 0. The summed E-state index contributed by atoms with van der Waals surface area (Å²) in [6.07, 6.45) is 0. The van der Waals surface area contributed by atoms with Crippen LogP contribution in [-0.2, 0) is 66.7 Å². The van der Waals surface area contributed by atoms with Crippen LogP contribution in [0.25, 0.3) is 0 Å². The van der Waals surface area contributed by atoms with E-state index >= 15 is 0 Å². The Balaban J connectivity index is 0. The molecular weight excluding hydrogens is 517 g/mol. The molecule has 0 fully saturated rings. The van der Waals surface area contributed by atoms with Crippen molar-refractivity contribution in [2.75, 3.05) is 0 Å². The van der Waals surface area contributed by atoms with Crippen molar-refractivity contribution in [2.45, 2.75) is 0 Å². The summed E-state index contributed by atoms with van der Waals surface area (Å²) in [6.45, 7) is 0. The van der Waals surface area contributed by atoms with Crippen molar-refractivity contribution in [1.29, 1.82) is 0 Å². The zero-order chi connectivity index (χ0) is 0. The summed E-state index contributed by atoms with van der Waals surface area (Å²) >= 11 is 0. The van der Waals surface area contributed by atoms with Gasteiger partial charge in [0.15, 0.2) is 0 Å². The molecule has 0 saturated carbocycles. The van der Waals surface area contributed by atoms with Crippen LogP contribution in [0.15, 0.2) is 0 Å². The molecule has 0 bridgehead atoms. The van der Waals surface area contributed by atoms with Gasteiger partial charge in [0.05, 0.1) is 0 Å². The van der Waals surface area contributed by atoms with Crippen LogP contribution in [0.4, 0.5) is 0 Å². The zero-order valence-corrected chi connectivity index (χ0v) is 15.0. The minimum absolute atomic E-state index is 0. The van der Waals surface area contributed by atoms with Gasteiger partial charge in [0.25, 0.3) is 0 Å². The normalized spacial score (nSPS) is 0. The van der Waals surface area contributed by atoms with Gasteiger partial charge in [0, 0.05) is 116 Å². The third-order valence-corrected chi connectivity index (χ3v) is 0. The van der Waals surface area contributed by atoms with E-state index in [2.05, 4.69) is 0 Å². The zero-order valence-electron chi connectivity index (χ0n) is 2.39. The molecule has 0 nitrogen and oxygen atoms in total. The van der Waals surface area contributed by atoms with Gasteiger partial charge in [-0.3, -0.25) is 0 Å². The molecule has 5 heteroatoms. The molecule has 0 aromatic carbocycles. The smallest absolute Gasteiger partial charge is 0 e. The largest absolute Gasteiger partial charge is 0 e. The van der Waals surface area contributed by atoms with Crippen molar-refractivity contribution in [3.05, 3.63) is 0 Å². The van der Waals surface area contributed by atoms with Gasteiger partial charge in [-0.15, -0.1) is 0 Å². The molecule has 0 spiro atoms. The molecule has 31 valence electrons. The quantitative estimate of drug-likeness (QED) is 0.371. The summed E-state index contributed by atoms with van der Waals surface area (Å²) in [5.74, 6) is 0. The number of rotatable bonds is 0. The van der Waals surface area contributed by atoms with Gasteiger partial charge in [0.2, 0.25) is 0 Å². The number of hydrogen-bond donors (Lipinski definition) is 0. The first-order valence-electron chi connectivity index (χ1n) is 0. The Morgan fingerprint density at radius 3 is 1.00 bits per heavy atom. The van der Waals surface area contributed by atoms with Crippen LogP contribution in [0.3, 0.4) is 0 Å². The fourth-order valence-corrected chi connectivity index (χ4v) is 0. The molecule has 0 N–H and O–H groups in total. The molecular formula is AgCdCuInSn. The Bertz CT molecular complexity index is 11.6. The van der Waals surface area contributed by atoms with Gasteiger partial charge in [-0.25, -0.2) is 0 Å². The van der Waals surface area contributed by atoms with Crippen LogP contribution >= 0.6 is 0 Å². The summed E-state index contributed by atoms with van der Waals surface area (Å²) in [4.78, 5) is 0. The first kappa shape index (κ1) is 36.8. The Labute approximate surface area is 114 Å². The third kappa shape index (κ3) is 18.1. The Kier molecular flexibility index (Phi) is 183. The molecule has 0 saturated heterocycles. The third-order valence-electron chi connectivity index (χ3n) is 0. The maximum Gasteiger partial charge on any atom is 0 e.